The molecule has 0 bridgehead atoms. The van der Waals surface area contributed by atoms with Crippen LogP contribution in [0.15, 0.2) is 53.5 Å². The molecule has 1 heterocycles. The summed E-state index contributed by atoms with van der Waals surface area (Å²) in [7, 11) is 1.25. The molecular formula is C19H14Cl2N2O4S. The van der Waals surface area contributed by atoms with Crippen molar-refractivity contribution in [3.05, 3.63) is 64.1 Å². The molecule has 0 spiro atoms. The molecule has 2 amide bonds. The quantitative estimate of drug-likeness (QED) is 0.671. The first-order chi connectivity index (χ1) is 13.4. The molecule has 0 saturated carbocycles. The van der Waals surface area contributed by atoms with Crippen molar-refractivity contribution in [2.75, 3.05) is 12.0 Å². The fraction of sp³-hybridized carbons (Fsp3) is 0.158. The highest BCUT2D eigenvalue weighted by molar-refractivity contribution is 8.15. The van der Waals surface area contributed by atoms with Crippen LogP contribution >= 0.6 is 35.0 Å². The van der Waals surface area contributed by atoms with Crippen molar-refractivity contribution in [2.24, 2.45) is 4.99 Å². The number of rotatable bonds is 4. The molecule has 1 unspecified atom stereocenters. The van der Waals surface area contributed by atoms with Crippen molar-refractivity contribution in [1.29, 1.82) is 0 Å². The average Bonchev–Trinajstić information content (AvgIpc) is 3.02. The van der Waals surface area contributed by atoms with Crippen LogP contribution in [-0.4, -0.2) is 35.3 Å². The molecule has 2 aromatic carbocycles. The second kappa shape index (κ2) is 8.77. The molecule has 0 fully saturated rings. The summed E-state index contributed by atoms with van der Waals surface area (Å²) >= 11 is 13.2. The lowest BCUT2D eigenvalue weighted by atomic mass is 10.2. The maximum atomic E-state index is 13.3. The Labute approximate surface area is 175 Å². The summed E-state index contributed by atoms with van der Waals surface area (Å²) in [5.41, 5.74) is 0.721. The van der Waals surface area contributed by atoms with Crippen molar-refractivity contribution in [3.8, 4) is 0 Å². The first-order valence-corrected chi connectivity index (χ1v) is 9.75. The Morgan fingerprint density at radius 2 is 1.89 bits per heavy atom. The zero-order chi connectivity index (χ0) is 20.3. The second-order valence-electron chi connectivity index (χ2n) is 5.72. The average molecular weight is 437 g/mol. The van der Waals surface area contributed by atoms with Gasteiger partial charge in [-0.1, -0.05) is 53.2 Å². The van der Waals surface area contributed by atoms with Gasteiger partial charge in [-0.05, 0) is 30.3 Å². The van der Waals surface area contributed by atoms with Crippen LogP contribution < -0.4 is 4.90 Å². The van der Waals surface area contributed by atoms with Crippen molar-refractivity contribution < 1.29 is 19.1 Å². The van der Waals surface area contributed by atoms with Crippen molar-refractivity contribution in [3.63, 3.8) is 0 Å². The minimum atomic E-state index is -0.748. The number of nitrogens with zero attached hydrogens (tertiary/aromatic N) is 2. The number of esters is 1. The van der Waals surface area contributed by atoms with Crippen LogP contribution in [0.1, 0.15) is 16.8 Å². The molecule has 0 radical (unpaired) electrons. The van der Waals surface area contributed by atoms with E-state index in [0.717, 1.165) is 11.8 Å². The van der Waals surface area contributed by atoms with E-state index in [1.807, 2.05) is 0 Å². The molecular weight excluding hydrogens is 423 g/mol. The summed E-state index contributed by atoms with van der Waals surface area (Å²) in [5.74, 6) is -1.49. The van der Waals surface area contributed by atoms with Crippen LogP contribution in [0.5, 0.6) is 0 Å². The molecule has 0 N–H and O–H groups in total. The number of hydrogen-bond donors (Lipinski definition) is 0. The van der Waals surface area contributed by atoms with E-state index in [9.17, 15) is 14.4 Å². The topological polar surface area (TPSA) is 76.0 Å². The van der Waals surface area contributed by atoms with E-state index >= 15 is 0 Å². The van der Waals surface area contributed by atoms with Crippen LogP contribution in [0.25, 0.3) is 0 Å². The number of hydrogen-bond acceptors (Lipinski definition) is 5. The molecule has 0 saturated heterocycles. The normalized spacial score (nSPS) is 15.9. The van der Waals surface area contributed by atoms with Gasteiger partial charge in [0.15, 0.2) is 5.17 Å². The van der Waals surface area contributed by atoms with E-state index in [4.69, 9.17) is 23.2 Å². The van der Waals surface area contributed by atoms with Crippen LogP contribution in [-0.2, 0) is 14.3 Å². The third-order valence-electron chi connectivity index (χ3n) is 3.88. The number of anilines is 1. The highest BCUT2D eigenvalue weighted by Gasteiger charge is 2.36. The van der Waals surface area contributed by atoms with Gasteiger partial charge in [-0.3, -0.25) is 19.3 Å². The number of halogens is 2. The number of para-hydroxylation sites is 1. The molecule has 2 aromatic rings. The third kappa shape index (κ3) is 4.38. The standard InChI is InChI=1S/C19H14Cl2N2O4S/c1-27-16(24)10-15-17(25)22-19(28-15)23(12-5-3-2-4-6-12)18(26)13-8-7-11(20)9-14(13)21/h2-9,15H,10H2,1H3. The SMILES string of the molecule is COC(=O)CC1SC(N(C(=O)c2ccc(Cl)cc2Cl)c2ccccc2)=NC1=O. The lowest BCUT2D eigenvalue weighted by Gasteiger charge is -2.22. The Balaban J connectivity index is 1.97. The number of carbonyl (C=O) groups excluding carboxylic acids is 3. The summed E-state index contributed by atoms with van der Waals surface area (Å²) in [6, 6.07) is 13.3. The van der Waals surface area contributed by atoms with Gasteiger partial charge < -0.3 is 4.74 Å². The van der Waals surface area contributed by atoms with E-state index in [1.165, 1.54) is 24.1 Å². The van der Waals surface area contributed by atoms with Gasteiger partial charge in [-0.25, -0.2) is 0 Å². The van der Waals surface area contributed by atoms with E-state index in [-0.39, 0.29) is 22.2 Å². The molecule has 0 aromatic heterocycles. The maximum Gasteiger partial charge on any atom is 0.307 e. The van der Waals surface area contributed by atoms with Crippen molar-refractivity contribution in [1.82, 2.24) is 0 Å². The second-order valence-corrected chi connectivity index (χ2v) is 7.73. The van der Waals surface area contributed by atoms with Crippen molar-refractivity contribution >= 4 is 63.6 Å². The lowest BCUT2D eigenvalue weighted by molar-refractivity contribution is -0.141. The molecule has 144 valence electrons. The summed E-state index contributed by atoms with van der Waals surface area (Å²) in [4.78, 5) is 42.3. The zero-order valence-corrected chi connectivity index (χ0v) is 16.9. The summed E-state index contributed by atoms with van der Waals surface area (Å²) in [5, 5.41) is -0.00329. The van der Waals surface area contributed by atoms with Gasteiger partial charge in [0.05, 0.1) is 29.8 Å². The fourth-order valence-corrected chi connectivity index (χ4v) is 4.06. The Kier molecular flexibility index (Phi) is 6.39. The highest BCUT2D eigenvalue weighted by atomic mass is 35.5. The highest BCUT2D eigenvalue weighted by Crippen LogP contribution is 2.32. The first-order valence-electron chi connectivity index (χ1n) is 8.11. The van der Waals surface area contributed by atoms with Crippen molar-refractivity contribution in [2.45, 2.75) is 11.7 Å². The minimum absolute atomic E-state index is 0.133. The lowest BCUT2D eigenvalue weighted by Crippen LogP contribution is -2.35. The monoisotopic (exact) mass is 436 g/mol. The number of amidine groups is 1. The predicted octanol–water partition coefficient (Wildman–Crippen LogP) is 4.20. The number of aliphatic imine (C=N–C) groups is 1. The maximum absolute atomic E-state index is 13.3. The summed E-state index contributed by atoms with van der Waals surface area (Å²) in [6.07, 6.45) is -0.133. The third-order valence-corrected chi connectivity index (χ3v) is 5.56. The van der Waals surface area contributed by atoms with Gasteiger partial charge in [0.25, 0.3) is 11.8 Å². The number of methoxy groups -OCH3 is 1. The van der Waals surface area contributed by atoms with Gasteiger partial charge in [0.2, 0.25) is 0 Å². The Hall–Kier alpha value is -2.35. The smallest absolute Gasteiger partial charge is 0.307 e. The Bertz CT molecular complexity index is 966. The molecule has 1 aliphatic heterocycles. The minimum Gasteiger partial charge on any atom is -0.469 e. The van der Waals surface area contributed by atoms with Crippen LogP contribution in [0.2, 0.25) is 10.0 Å². The predicted molar refractivity (Wildman–Crippen MR) is 110 cm³/mol. The van der Waals surface area contributed by atoms with E-state index in [0.29, 0.717) is 10.7 Å². The molecule has 0 aliphatic carbocycles. The molecule has 28 heavy (non-hydrogen) atoms. The van der Waals surface area contributed by atoms with Gasteiger partial charge in [-0.15, -0.1) is 0 Å². The van der Waals surface area contributed by atoms with Crippen LogP contribution in [0.3, 0.4) is 0 Å². The molecule has 1 atom stereocenters. The van der Waals surface area contributed by atoms with Crippen LogP contribution in [0.4, 0.5) is 5.69 Å². The van der Waals surface area contributed by atoms with Crippen LogP contribution in [0, 0.1) is 0 Å². The summed E-state index contributed by atoms with van der Waals surface area (Å²) in [6.45, 7) is 0. The van der Waals surface area contributed by atoms with E-state index < -0.39 is 23.0 Å². The zero-order valence-electron chi connectivity index (χ0n) is 14.6. The Morgan fingerprint density at radius 3 is 2.54 bits per heavy atom. The number of carbonyl (C=O) groups is 3. The fourth-order valence-electron chi connectivity index (χ4n) is 2.51. The van der Waals surface area contributed by atoms with E-state index in [2.05, 4.69) is 9.73 Å². The van der Waals surface area contributed by atoms with Gasteiger partial charge in [0.1, 0.15) is 5.25 Å². The van der Waals surface area contributed by atoms with Gasteiger partial charge >= 0.3 is 5.97 Å². The van der Waals surface area contributed by atoms with Gasteiger partial charge in [-0.2, -0.15) is 4.99 Å². The molecule has 3 rings (SSSR count). The Morgan fingerprint density at radius 1 is 1.18 bits per heavy atom. The largest absolute Gasteiger partial charge is 0.469 e. The molecule has 9 heteroatoms. The summed E-state index contributed by atoms with van der Waals surface area (Å²) < 4.78 is 4.62. The number of benzene rings is 2. The van der Waals surface area contributed by atoms with E-state index in [1.54, 1.807) is 36.4 Å². The first kappa shape index (κ1) is 20.4. The molecule has 6 nitrogen and oxygen atoms in total. The number of amides is 2. The number of thioether (sulfide) groups is 1. The van der Waals surface area contributed by atoms with Gasteiger partial charge in [0, 0.05) is 5.02 Å². The number of ether oxygens (including phenoxy) is 1. The molecule has 1 aliphatic rings.